The number of nitrogens with zero attached hydrogens (tertiary/aromatic N) is 5. The van der Waals surface area contributed by atoms with Gasteiger partial charge in [0.1, 0.15) is 10.9 Å². The van der Waals surface area contributed by atoms with Gasteiger partial charge in [0.2, 0.25) is 10.0 Å². The molecule has 0 aliphatic carbocycles. The number of nitrogens with two attached hydrogens (primary N) is 2. The van der Waals surface area contributed by atoms with Crippen molar-refractivity contribution in [3.63, 3.8) is 0 Å². The van der Waals surface area contributed by atoms with Gasteiger partial charge in [0, 0.05) is 20.6 Å². The molecule has 3 rings (SSSR count). The molecule has 1 amide bonds. The highest BCUT2D eigenvalue weighted by molar-refractivity contribution is 7.89. The third-order valence-corrected chi connectivity index (χ3v) is 6.05. The number of rotatable bonds is 4. The zero-order valence-corrected chi connectivity index (χ0v) is 15.1. The molecule has 26 heavy (non-hydrogen) atoms. The number of hydrogen-bond acceptors (Lipinski definition) is 7. The lowest BCUT2D eigenvalue weighted by molar-refractivity contribution is -0.118. The minimum atomic E-state index is -3.73. The maximum atomic E-state index is 12.5. The van der Waals surface area contributed by atoms with E-state index >= 15 is 0 Å². The molecule has 1 atom stereocenters. The van der Waals surface area contributed by atoms with Crippen LogP contribution in [0.1, 0.15) is 12.8 Å². The first kappa shape index (κ1) is 18.1. The van der Waals surface area contributed by atoms with Gasteiger partial charge in [-0.25, -0.2) is 17.4 Å². The number of carbonyl (C=O) groups excluding carboxylic acids is 1. The standard InChI is InChI=1S/C14H19N7O4S/c1-20(2)26(23,24)10-6-5-8(11-12(10)19-25-18-11)21-7-3-4-9(21)13(22)17-14(15)16/h5-6,9H,3-4,7H2,1-2H3,(H4,15,16,17,22)/t9-/m1/s1. The lowest BCUT2D eigenvalue weighted by Gasteiger charge is -2.24. The minimum Gasteiger partial charge on any atom is -0.370 e. The van der Waals surface area contributed by atoms with E-state index < -0.39 is 22.0 Å². The molecule has 140 valence electrons. The number of benzene rings is 1. The molecule has 1 saturated heterocycles. The van der Waals surface area contributed by atoms with E-state index in [4.69, 9.17) is 16.1 Å². The molecule has 0 radical (unpaired) electrons. The van der Waals surface area contributed by atoms with Gasteiger partial charge in [-0.1, -0.05) is 0 Å². The number of aromatic nitrogens is 2. The molecule has 0 saturated carbocycles. The Hall–Kier alpha value is -2.73. The molecule has 0 bridgehead atoms. The molecule has 2 aromatic rings. The van der Waals surface area contributed by atoms with Gasteiger partial charge in [-0.3, -0.25) is 4.79 Å². The highest BCUT2D eigenvalue weighted by atomic mass is 32.2. The molecule has 12 heteroatoms. The maximum Gasteiger partial charge on any atom is 0.271 e. The second-order valence-electron chi connectivity index (χ2n) is 6.06. The number of amides is 1. The molecule has 4 N–H and O–H groups in total. The van der Waals surface area contributed by atoms with Gasteiger partial charge >= 0.3 is 0 Å². The molecule has 2 heterocycles. The van der Waals surface area contributed by atoms with E-state index in [0.717, 1.165) is 10.7 Å². The summed E-state index contributed by atoms with van der Waals surface area (Å²) in [6.07, 6.45) is 1.32. The van der Waals surface area contributed by atoms with Crippen LogP contribution in [0.5, 0.6) is 0 Å². The molecule has 0 unspecified atom stereocenters. The zero-order chi connectivity index (χ0) is 19.1. The van der Waals surface area contributed by atoms with Crippen molar-refractivity contribution in [2.24, 2.45) is 16.5 Å². The van der Waals surface area contributed by atoms with E-state index in [1.807, 2.05) is 0 Å². The topological polar surface area (TPSA) is 161 Å². The van der Waals surface area contributed by atoms with Crippen LogP contribution in [0.2, 0.25) is 0 Å². The summed E-state index contributed by atoms with van der Waals surface area (Å²) in [5, 5.41) is 7.59. The molecule has 11 nitrogen and oxygen atoms in total. The molecule has 1 fully saturated rings. The summed E-state index contributed by atoms with van der Waals surface area (Å²) in [4.78, 5) is 17.7. The molecule has 1 aromatic carbocycles. The summed E-state index contributed by atoms with van der Waals surface area (Å²) < 4.78 is 30.8. The van der Waals surface area contributed by atoms with E-state index in [-0.39, 0.29) is 21.9 Å². The van der Waals surface area contributed by atoms with Crippen molar-refractivity contribution in [3.8, 4) is 0 Å². The second-order valence-corrected chi connectivity index (χ2v) is 8.18. The first-order chi connectivity index (χ1) is 12.2. The van der Waals surface area contributed by atoms with Gasteiger partial charge in [0.05, 0.1) is 5.69 Å². The van der Waals surface area contributed by atoms with E-state index in [0.29, 0.717) is 18.7 Å². The van der Waals surface area contributed by atoms with Crippen molar-refractivity contribution in [3.05, 3.63) is 12.1 Å². The molecule has 0 spiro atoms. The lowest BCUT2D eigenvalue weighted by atomic mass is 10.2. The fourth-order valence-corrected chi connectivity index (χ4v) is 3.99. The number of sulfonamides is 1. The number of aliphatic imine (C=N–C) groups is 1. The summed E-state index contributed by atoms with van der Waals surface area (Å²) in [5.74, 6) is -0.764. The first-order valence-electron chi connectivity index (χ1n) is 7.81. The number of carbonyl (C=O) groups is 1. The third-order valence-electron chi connectivity index (χ3n) is 4.20. The zero-order valence-electron chi connectivity index (χ0n) is 14.3. The van der Waals surface area contributed by atoms with Crippen LogP contribution in [0.3, 0.4) is 0 Å². The molecule has 1 aliphatic rings. The van der Waals surface area contributed by atoms with Crippen molar-refractivity contribution in [2.75, 3.05) is 25.5 Å². The fourth-order valence-electron chi connectivity index (χ4n) is 2.98. The molecular formula is C14H19N7O4S. The average molecular weight is 381 g/mol. The Morgan fingerprint density at radius 1 is 1.31 bits per heavy atom. The first-order valence-corrected chi connectivity index (χ1v) is 9.25. The van der Waals surface area contributed by atoms with Crippen molar-refractivity contribution in [2.45, 2.75) is 23.8 Å². The van der Waals surface area contributed by atoms with Crippen LogP contribution in [-0.2, 0) is 14.8 Å². The summed E-state index contributed by atoms with van der Waals surface area (Å²) >= 11 is 0. The number of guanidine groups is 1. The maximum absolute atomic E-state index is 12.5. The predicted molar refractivity (Wildman–Crippen MR) is 93.9 cm³/mol. The van der Waals surface area contributed by atoms with Crippen LogP contribution in [0.15, 0.2) is 26.6 Å². The van der Waals surface area contributed by atoms with Gasteiger partial charge in [-0.05, 0) is 35.3 Å². The van der Waals surface area contributed by atoms with Gasteiger partial charge in [-0.15, -0.1) is 0 Å². The quantitative estimate of drug-likeness (QED) is 0.512. The van der Waals surface area contributed by atoms with Gasteiger partial charge in [0.15, 0.2) is 17.0 Å². The van der Waals surface area contributed by atoms with Gasteiger partial charge in [-0.2, -0.15) is 4.99 Å². The molecule has 1 aromatic heterocycles. The van der Waals surface area contributed by atoms with E-state index in [9.17, 15) is 13.2 Å². The van der Waals surface area contributed by atoms with E-state index in [1.165, 1.54) is 20.2 Å². The molecular weight excluding hydrogens is 362 g/mol. The number of hydrogen-bond donors (Lipinski definition) is 2. The van der Waals surface area contributed by atoms with Crippen molar-refractivity contribution in [1.82, 2.24) is 14.6 Å². The monoisotopic (exact) mass is 381 g/mol. The van der Waals surface area contributed by atoms with Gasteiger partial charge in [0.25, 0.3) is 5.91 Å². The summed E-state index contributed by atoms with van der Waals surface area (Å²) in [7, 11) is -0.882. The Kier molecular flexibility index (Phi) is 4.54. The van der Waals surface area contributed by atoms with Crippen LogP contribution >= 0.6 is 0 Å². The summed E-state index contributed by atoms with van der Waals surface area (Å²) in [6.45, 7) is 0.568. The smallest absolute Gasteiger partial charge is 0.271 e. The van der Waals surface area contributed by atoms with Crippen LogP contribution < -0.4 is 16.4 Å². The highest BCUT2D eigenvalue weighted by Crippen LogP contribution is 2.34. The van der Waals surface area contributed by atoms with E-state index in [2.05, 4.69) is 15.3 Å². The summed E-state index contributed by atoms with van der Waals surface area (Å²) in [5.41, 5.74) is 11.5. The van der Waals surface area contributed by atoms with Crippen LogP contribution in [0, 0.1) is 0 Å². The van der Waals surface area contributed by atoms with Crippen molar-refractivity contribution in [1.29, 1.82) is 0 Å². The Balaban J connectivity index is 2.09. The van der Waals surface area contributed by atoms with Crippen LogP contribution in [0.25, 0.3) is 11.0 Å². The van der Waals surface area contributed by atoms with Gasteiger partial charge < -0.3 is 16.4 Å². The van der Waals surface area contributed by atoms with Crippen molar-refractivity contribution < 1.29 is 17.8 Å². The van der Waals surface area contributed by atoms with Crippen molar-refractivity contribution >= 4 is 38.6 Å². The predicted octanol–water partition coefficient (Wildman–Crippen LogP) is -0.758. The summed E-state index contributed by atoms with van der Waals surface area (Å²) in [6, 6.07) is 2.45. The van der Waals surface area contributed by atoms with E-state index in [1.54, 1.807) is 11.0 Å². The fraction of sp³-hybridized carbons (Fsp3) is 0.429. The number of fused-ring (bicyclic) bond motifs is 1. The largest absolute Gasteiger partial charge is 0.370 e. The SMILES string of the molecule is CN(C)S(=O)(=O)c1ccc(N2CCC[C@@H]2C(=O)N=C(N)N)c2nonc12. The Labute approximate surface area is 149 Å². The normalized spacial score (nSPS) is 17.8. The lowest BCUT2D eigenvalue weighted by Crippen LogP contribution is -2.37. The van der Waals surface area contributed by atoms with Crippen LogP contribution in [0.4, 0.5) is 5.69 Å². The number of anilines is 1. The Morgan fingerprint density at radius 3 is 2.65 bits per heavy atom. The average Bonchev–Trinajstić information content (AvgIpc) is 3.22. The third kappa shape index (κ3) is 2.97. The highest BCUT2D eigenvalue weighted by Gasteiger charge is 2.34. The molecule has 1 aliphatic heterocycles. The minimum absolute atomic E-state index is 0.0196. The Morgan fingerprint density at radius 2 is 2.00 bits per heavy atom. The second kappa shape index (κ2) is 6.53. The Bertz CT molecular complexity index is 978. The van der Waals surface area contributed by atoms with Crippen LogP contribution in [-0.4, -0.2) is 61.6 Å².